The van der Waals surface area contributed by atoms with Gasteiger partial charge in [0.05, 0.1) is 11.2 Å². The number of halogens is 1. The maximum absolute atomic E-state index is 7.07. The van der Waals surface area contributed by atoms with Gasteiger partial charge in [-0.05, 0) is 51.0 Å². The molecular formula is C16H23ClN4OS. The van der Waals surface area contributed by atoms with Crippen LogP contribution in [0.25, 0.3) is 0 Å². The Kier molecular flexibility index (Phi) is 6.47. The third-order valence-corrected chi connectivity index (χ3v) is 5.28. The van der Waals surface area contributed by atoms with Crippen molar-refractivity contribution >= 4 is 23.7 Å². The van der Waals surface area contributed by atoms with Crippen molar-refractivity contribution in [2.45, 2.75) is 38.3 Å². The van der Waals surface area contributed by atoms with Crippen LogP contribution in [0.15, 0.2) is 41.7 Å². The van der Waals surface area contributed by atoms with Gasteiger partial charge in [0.2, 0.25) is 0 Å². The number of nitrogens with one attached hydrogen (secondary N) is 2. The molecule has 23 heavy (non-hydrogen) atoms. The van der Waals surface area contributed by atoms with Gasteiger partial charge < -0.3 is 4.74 Å². The number of piperidine rings is 1. The summed E-state index contributed by atoms with van der Waals surface area (Å²) in [5, 5.41) is 4.14. The molecule has 1 aliphatic rings. The minimum Gasteiger partial charge on any atom is -0.490 e. The Bertz CT molecular complexity index is 542. The summed E-state index contributed by atoms with van der Waals surface area (Å²) in [4.78, 5) is 0. The van der Waals surface area contributed by atoms with Crippen molar-refractivity contribution in [3.8, 4) is 5.75 Å². The summed E-state index contributed by atoms with van der Waals surface area (Å²) in [6, 6.07) is 7.50. The Morgan fingerprint density at radius 2 is 2.00 bits per heavy atom. The van der Waals surface area contributed by atoms with Crippen molar-refractivity contribution in [2.75, 3.05) is 13.1 Å². The fourth-order valence-electron chi connectivity index (χ4n) is 2.12. The first-order valence-corrected chi connectivity index (χ1v) is 8.74. The highest BCUT2D eigenvalue weighted by molar-refractivity contribution is 7.95. The van der Waals surface area contributed by atoms with Crippen LogP contribution in [0, 0.1) is 5.53 Å². The molecule has 1 aromatic rings. The molecule has 0 unspecified atom stereocenters. The van der Waals surface area contributed by atoms with E-state index in [4.69, 9.17) is 21.9 Å². The largest absolute Gasteiger partial charge is 0.490 e. The molecule has 1 aliphatic heterocycles. The van der Waals surface area contributed by atoms with Crippen LogP contribution in [0.4, 0.5) is 0 Å². The Morgan fingerprint density at radius 3 is 2.57 bits per heavy atom. The number of benzene rings is 1. The van der Waals surface area contributed by atoms with Crippen LogP contribution in [0.3, 0.4) is 0 Å². The van der Waals surface area contributed by atoms with Crippen molar-refractivity contribution in [3.05, 3.63) is 41.6 Å². The number of hydrogen-bond acceptors (Lipinski definition) is 6. The fourth-order valence-corrected chi connectivity index (χ4v) is 3.12. The van der Waals surface area contributed by atoms with Crippen molar-refractivity contribution in [1.29, 1.82) is 5.53 Å². The minimum absolute atomic E-state index is 0.235. The van der Waals surface area contributed by atoms with Crippen LogP contribution >= 0.6 is 23.7 Å². The van der Waals surface area contributed by atoms with Crippen LogP contribution in [-0.4, -0.2) is 29.0 Å². The Hall–Kier alpha value is -1.08. The fraction of sp³-hybridized carbons (Fsp3) is 0.500. The molecule has 2 rings (SSSR count). The molecule has 0 spiro atoms. The molecule has 1 aromatic carbocycles. The van der Waals surface area contributed by atoms with Crippen molar-refractivity contribution in [3.63, 3.8) is 0 Å². The molecule has 7 heteroatoms. The van der Waals surface area contributed by atoms with Crippen LogP contribution in [0.2, 0.25) is 5.02 Å². The predicted molar refractivity (Wildman–Crippen MR) is 95.8 cm³/mol. The van der Waals surface area contributed by atoms with E-state index in [9.17, 15) is 0 Å². The van der Waals surface area contributed by atoms with E-state index < -0.39 is 5.54 Å². The molecule has 5 nitrogen and oxygen atoms in total. The maximum Gasteiger partial charge on any atom is 0.119 e. The first kappa shape index (κ1) is 18.3. The van der Waals surface area contributed by atoms with E-state index in [1.165, 1.54) is 0 Å². The van der Waals surface area contributed by atoms with E-state index in [1.54, 1.807) is 12.1 Å². The highest BCUT2D eigenvalue weighted by Gasteiger charge is 2.26. The zero-order chi connectivity index (χ0) is 16.9. The summed E-state index contributed by atoms with van der Waals surface area (Å²) >= 11 is 7.45. The van der Waals surface area contributed by atoms with E-state index in [2.05, 4.69) is 20.7 Å². The van der Waals surface area contributed by atoms with Crippen LogP contribution in [0.1, 0.15) is 26.7 Å². The zero-order valence-corrected chi connectivity index (χ0v) is 15.1. The second-order valence-corrected chi connectivity index (χ2v) is 7.42. The van der Waals surface area contributed by atoms with E-state index >= 15 is 0 Å². The topological polar surface area (TPSA) is 60.7 Å². The molecule has 2 N–H and O–H groups in total. The zero-order valence-electron chi connectivity index (χ0n) is 13.5. The van der Waals surface area contributed by atoms with Crippen LogP contribution in [0.5, 0.6) is 5.75 Å². The van der Waals surface area contributed by atoms with Gasteiger partial charge in [-0.2, -0.15) is 5.11 Å². The standard InChI is InChI=1S/C16H23ClN4OS/c1-12(19-18)16(2,3)20-23-21-10-8-15(9-11-21)22-14-6-4-13(17)5-7-14/h4-7,15,18,20H,1,8-11H2,2-3H3. The molecule has 0 aliphatic carbocycles. The lowest BCUT2D eigenvalue weighted by Crippen LogP contribution is -2.41. The van der Waals surface area contributed by atoms with Gasteiger partial charge in [0.15, 0.2) is 0 Å². The number of rotatable bonds is 7. The third kappa shape index (κ3) is 5.49. The van der Waals surface area contributed by atoms with E-state index in [1.807, 2.05) is 38.1 Å². The second-order valence-electron chi connectivity index (χ2n) is 6.08. The molecule has 0 atom stereocenters. The maximum atomic E-state index is 7.07. The molecule has 0 radical (unpaired) electrons. The van der Waals surface area contributed by atoms with E-state index in [-0.39, 0.29) is 6.10 Å². The average Bonchev–Trinajstić information content (AvgIpc) is 2.55. The molecular weight excluding hydrogens is 332 g/mol. The highest BCUT2D eigenvalue weighted by Crippen LogP contribution is 2.25. The molecule has 0 saturated carbocycles. The summed E-state index contributed by atoms with van der Waals surface area (Å²) in [5.41, 5.74) is 7.19. The summed E-state index contributed by atoms with van der Waals surface area (Å²) < 4.78 is 11.6. The molecule has 0 aromatic heterocycles. The van der Waals surface area contributed by atoms with Gasteiger partial charge in [-0.25, -0.2) is 14.6 Å². The first-order chi connectivity index (χ1) is 10.9. The van der Waals surface area contributed by atoms with Crippen LogP contribution in [-0.2, 0) is 0 Å². The highest BCUT2D eigenvalue weighted by atomic mass is 35.5. The van der Waals surface area contributed by atoms with E-state index in [0.29, 0.717) is 5.70 Å². The van der Waals surface area contributed by atoms with Gasteiger partial charge in [0, 0.05) is 30.2 Å². The number of nitrogens with zero attached hydrogens (tertiary/aromatic N) is 2. The Labute approximate surface area is 147 Å². The lowest BCUT2D eigenvalue weighted by molar-refractivity contribution is 0.138. The van der Waals surface area contributed by atoms with Gasteiger partial charge in [0.1, 0.15) is 11.9 Å². The van der Waals surface area contributed by atoms with Gasteiger partial charge in [0.25, 0.3) is 0 Å². The quantitative estimate of drug-likeness (QED) is 0.552. The molecule has 1 heterocycles. The van der Waals surface area contributed by atoms with E-state index in [0.717, 1.165) is 36.7 Å². The summed E-state index contributed by atoms with van der Waals surface area (Å²) in [6.45, 7) is 9.62. The minimum atomic E-state index is -0.400. The lowest BCUT2D eigenvalue weighted by Gasteiger charge is -2.33. The predicted octanol–water partition coefficient (Wildman–Crippen LogP) is 4.66. The summed E-state index contributed by atoms with van der Waals surface area (Å²) in [5.74, 6) is 0.869. The second kappa shape index (κ2) is 8.15. The third-order valence-electron chi connectivity index (χ3n) is 3.80. The molecule has 0 bridgehead atoms. The molecule has 0 amide bonds. The lowest BCUT2D eigenvalue weighted by atomic mass is 10.0. The molecule has 1 fully saturated rings. The van der Waals surface area contributed by atoms with Crippen molar-refractivity contribution < 1.29 is 4.74 Å². The average molecular weight is 355 g/mol. The van der Waals surface area contributed by atoms with Gasteiger partial charge in [-0.3, -0.25) is 0 Å². The van der Waals surface area contributed by atoms with Gasteiger partial charge >= 0.3 is 0 Å². The number of ether oxygens (including phenoxy) is 1. The Morgan fingerprint density at radius 1 is 1.39 bits per heavy atom. The molecule has 1 saturated heterocycles. The van der Waals surface area contributed by atoms with Crippen LogP contribution < -0.4 is 9.46 Å². The summed E-state index contributed by atoms with van der Waals surface area (Å²) in [6.07, 6.45) is 2.18. The SMILES string of the molecule is C=C(N=N)C(C)(C)NSN1CCC(Oc2ccc(Cl)cc2)CC1. The number of hydrogen-bond donors (Lipinski definition) is 2. The Balaban J connectivity index is 1.74. The van der Waals surface area contributed by atoms with Gasteiger partial charge in [-0.15, -0.1) is 0 Å². The first-order valence-electron chi connectivity index (χ1n) is 7.59. The smallest absolute Gasteiger partial charge is 0.119 e. The van der Waals surface area contributed by atoms with Crippen molar-refractivity contribution in [2.24, 2.45) is 5.11 Å². The molecule has 126 valence electrons. The monoisotopic (exact) mass is 354 g/mol. The normalized spacial score (nSPS) is 17.0. The van der Waals surface area contributed by atoms with Crippen molar-refractivity contribution in [1.82, 2.24) is 9.03 Å². The van der Waals surface area contributed by atoms with Gasteiger partial charge in [-0.1, -0.05) is 18.2 Å². The summed E-state index contributed by atoms with van der Waals surface area (Å²) in [7, 11) is 0.